The van der Waals surface area contributed by atoms with Crippen molar-refractivity contribution < 1.29 is 14.1 Å². The fourth-order valence-corrected chi connectivity index (χ4v) is 1.72. The Kier molecular flexibility index (Phi) is 1.56. The molecule has 15 heavy (non-hydrogen) atoms. The number of aromatic nitrogens is 2. The van der Waals surface area contributed by atoms with E-state index >= 15 is 0 Å². The normalized spacial score (nSPS) is 15.1. The van der Waals surface area contributed by atoms with E-state index in [0.29, 0.717) is 24.4 Å². The van der Waals surface area contributed by atoms with Gasteiger partial charge in [-0.15, -0.1) is 0 Å². The Balaban J connectivity index is 2.33. The Bertz CT molecular complexity index is 559. The highest BCUT2D eigenvalue weighted by atomic mass is 16.5. The van der Waals surface area contributed by atoms with Crippen LogP contribution in [0.25, 0.3) is 11.1 Å². The van der Waals surface area contributed by atoms with Crippen LogP contribution in [-0.4, -0.2) is 22.7 Å². The molecule has 2 aromatic rings. The molecule has 76 valence electrons. The minimum absolute atomic E-state index is 0.352. The molecule has 0 atom stereocenters. The summed E-state index contributed by atoms with van der Waals surface area (Å²) in [4.78, 5) is 15.5. The lowest BCUT2D eigenvalue weighted by Gasteiger charge is -2.13. The van der Waals surface area contributed by atoms with E-state index in [1.54, 1.807) is 0 Å². The van der Waals surface area contributed by atoms with Gasteiger partial charge in [0.05, 0.1) is 17.7 Å². The van der Waals surface area contributed by atoms with Crippen molar-refractivity contribution in [1.29, 1.82) is 0 Å². The first-order chi connectivity index (χ1) is 7.25. The molecule has 0 aromatic carbocycles. The third-order valence-corrected chi connectivity index (χ3v) is 2.52. The van der Waals surface area contributed by atoms with Crippen molar-refractivity contribution in [2.45, 2.75) is 13.3 Å². The second-order valence-electron chi connectivity index (χ2n) is 3.50. The molecular weight excluding hydrogens is 196 g/mol. The Labute approximate surface area is 85.0 Å². The standard InChI is InChI=1S/C10H8N2O3/c1-5-7-4-6-2-3-14-10(13)8(6)11-9(7)15-12-5/h4H,2-3H2,1H3. The van der Waals surface area contributed by atoms with Gasteiger partial charge in [0.2, 0.25) is 0 Å². The molecule has 3 heterocycles. The van der Waals surface area contributed by atoms with Crippen molar-refractivity contribution in [1.82, 2.24) is 10.1 Å². The van der Waals surface area contributed by atoms with Crippen molar-refractivity contribution in [3.8, 4) is 0 Å². The third kappa shape index (κ3) is 1.12. The first-order valence-electron chi connectivity index (χ1n) is 4.69. The lowest BCUT2D eigenvalue weighted by Crippen LogP contribution is -2.19. The number of ether oxygens (including phenoxy) is 1. The summed E-state index contributed by atoms with van der Waals surface area (Å²) in [5, 5.41) is 4.67. The van der Waals surface area contributed by atoms with E-state index in [-0.39, 0.29) is 5.97 Å². The van der Waals surface area contributed by atoms with Gasteiger partial charge in [-0.05, 0) is 18.6 Å². The maximum absolute atomic E-state index is 11.4. The van der Waals surface area contributed by atoms with E-state index in [1.165, 1.54) is 0 Å². The molecule has 5 nitrogen and oxygen atoms in total. The smallest absolute Gasteiger partial charge is 0.357 e. The summed E-state index contributed by atoms with van der Waals surface area (Å²) in [5.41, 5.74) is 2.44. The van der Waals surface area contributed by atoms with Crippen LogP contribution >= 0.6 is 0 Å². The predicted octanol–water partition coefficient (Wildman–Crippen LogP) is 1.24. The zero-order chi connectivity index (χ0) is 10.4. The van der Waals surface area contributed by atoms with Crippen LogP contribution in [0.15, 0.2) is 10.6 Å². The van der Waals surface area contributed by atoms with Crippen LogP contribution in [0.5, 0.6) is 0 Å². The number of aryl methyl sites for hydroxylation is 1. The number of esters is 1. The number of fused-ring (bicyclic) bond motifs is 2. The fraction of sp³-hybridized carbons (Fsp3) is 0.300. The molecule has 3 rings (SSSR count). The van der Waals surface area contributed by atoms with Crippen LogP contribution in [0.4, 0.5) is 0 Å². The second-order valence-corrected chi connectivity index (χ2v) is 3.50. The number of cyclic esters (lactones) is 1. The Hall–Kier alpha value is -1.91. The van der Waals surface area contributed by atoms with Gasteiger partial charge >= 0.3 is 5.97 Å². The highest BCUT2D eigenvalue weighted by molar-refractivity contribution is 5.93. The summed E-state index contributed by atoms with van der Waals surface area (Å²) in [5.74, 6) is -0.382. The SMILES string of the molecule is Cc1noc2nc3c(cc12)CCOC3=O. The lowest BCUT2D eigenvalue weighted by atomic mass is 10.1. The van der Waals surface area contributed by atoms with E-state index in [1.807, 2.05) is 13.0 Å². The van der Waals surface area contributed by atoms with Gasteiger partial charge in [0.1, 0.15) is 0 Å². The van der Waals surface area contributed by atoms with Crippen molar-refractivity contribution in [3.05, 3.63) is 23.0 Å². The molecule has 0 N–H and O–H groups in total. The monoisotopic (exact) mass is 204 g/mol. The first kappa shape index (κ1) is 8.40. The van der Waals surface area contributed by atoms with Crippen molar-refractivity contribution in [2.24, 2.45) is 0 Å². The highest BCUT2D eigenvalue weighted by Crippen LogP contribution is 2.22. The number of hydrogen-bond donors (Lipinski definition) is 0. The van der Waals surface area contributed by atoms with Gasteiger partial charge in [-0.2, -0.15) is 0 Å². The number of rotatable bonds is 0. The lowest BCUT2D eigenvalue weighted by molar-refractivity contribution is 0.0472. The number of carbonyl (C=O) groups excluding carboxylic acids is 1. The van der Waals surface area contributed by atoms with E-state index in [2.05, 4.69) is 10.1 Å². The van der Waals surface area contributed by atoms with E-state index in [4.69, 9.17) is 9.26 Å². The topological polar surface area (TPSA) is 65.2 Å². The Morgan fingerprint density at radius 2 is 2.33 bits per heavy atom. The fourth-order valence-electron chi connectivity index (χ4n) is 1.72. The summed E-state index contributed by atoms with van der Waals surface area (Å²) < 4.78 is 9.89. The van der Waals surface area contributed by atoms with Gasteiger partial charge in [-0.3, -0.25) is 0 Å². The quantitative estimate of drug-likeness (QED) is 0.604. The molecule has 0 radical (unpaired) electrons. The first-order valence-corrected chi connectivity index (χ1v) is 4.69. The molecule has 0 bridgehead atoms. The summed E-state index contributed by atoms with van der Waals surface area (Å²) in [7, 11) is 0. The number of nitrogens with zero attached hydrogens (tertiary/aromatic N) is 2. The molecular formula is C10H8N2O3. The van der Waals surface area contributed by atoms with Gasteiger partial charge in [0, 0.05) is 6.42 Å². The molecule has 2 aromatic heterocycles. The third-order valence-electron chi connectivity index (χ3n) is 2.52. The Morgan fingerprint density at radius 1 is 1.47 bits per heavy atom. The molecule has 0 unspecified atom stereocenters. The molecule has 0 aliphatic carbocycles. The van der Waals surface area contributed by atoms with Crippen LogP contribution in [0, 0.1) is 6.92 Å². The zero-order valence-corrected chi connectivity index (χ0v) is 8.11. The molecule has 0 saturated heterocycles. The molecule has 0 saturated carbocycles. The van der Waals surface area contributed by atoms with Gasteiger partial charge in [0.25, 0.3) is 5.71 Å². The average Bonchev–Trinajstić information content (AvgIpc) is 2.59. The maximum atomic E-state index is 11.4. The van der Waals surface area contributed by atoms with Gasteiger partial charge < -0.3 is 9.26 Å². The summed E-state index contributed by atoms with van der Waals surface area (Å²) in [6.45, 7) is 2.27. The number of hydrogen-bond acceptors (Lipinski definition) is 5. The van der Waals surface area contributed by atoms with Crippen LogP contribution in [0.1, 0.15) is 21.7 Å². The van der Waals surface area contributed by atoms with Crippen molar-refractivity contribution in [3.63, 3.8) is 0 Å². The molecule has 5 heteroatoms. The van der Waals surface area contributed by atoms with Crippen LogP contribution in [0.3, 0.4) is 0 Å². The van der Waals surface area contributed by atoms with E-state index in [0.717, 1.165) is 16.6 Å². The second kappa shape index (κ2) is 2.79. The van der Waals surface area contributed by atoms with Crippen LogP contribution in [0.2, 0.25) is 0 Å². The molecule has 1 aliphatic rings. The minimum atomic E-state index is -0.382. The van der Waals surface area contributed by atoms with Crippen molar-refractivity contribution in [2.75, 3.05) is 6.61 Å². The van der Waals surface area contributed by atoms with Crippen LogP contribution < -0.4 is 0 Å². The number of carbonyl (C=O) groups is 1. The van der Waals surface area contributed by atoms with E-state index in [9.17, 15) is 4.79 Å². The van der Waals surface area contributed by atoms with Gasteiger partial charge in [-0.1, -0.05) is 5.16 Å². The highest BCUT2D eigenvalue weighted by Gasteiger charge is 2.22. The molecule has 0 spiro atoms. The maximum Gasteiger partial charge on any atom is 0.357 e. The molecule has 0 amide bonds. The summed E-state index contributed by atoms with van der Waals surface area (Å²) in [6, 6.07) is 1.91. The van der Waals surface area contributed by atoms with Gasteiger partial charge in [-0.25, -0.2) is 9.78 Å². The minimum Gasteiger partial charge on any atom is -0.461 e. The predicted molar refractivity (Wildman–Crippen MR) is 50.5 cm³/mol. The summed E-state index contributed by atoms with van der Waals surface area (Å²) >= 11 is 0. The van der Waals surface area contributed by atoms with E-state index < -0.39 is 0 Å². The Morgan fingerprint density at radius 3 is 3.20 bits per heavy atom. The summed E-state index contributed by atoms with van der Waals surface area (Å²) in [6.07, 6.45) is 0.703. The zero-order valence-electron chi connectivity index (χ0n) is 8.11. The molecule has 0 fully saturated rings. The number of pyridine rings is 1. The average molecular weight is 204 g/mol. The van der Waals surface area contributed by atoms with Crippen LogP contribution in [-0.2, 0) is 11.2 Å². The molecule has 1 aliphatic heterocycles. The van der Waals surface area contributed by atoms with Gasteiger partial charge in [0.15, 0.2) is 5.69 Å². The van der Waals surface area contributed by atoms with Crippen molar-refractivity contribution >= 4 is 17.1 Å². The largest absolute Gasteiger partial charge is 0.461 e.